The zero-order valence-corrected chi connectivity index (χ0v) is 27.0. The molecule has 244 valence electrons. The summed E-state index contributed by atoms with van der Waals surface area (Å²) in [4.78, 5) is 29.5. The summed E-state index contributed by atoms with van der Waals surface area (Å²) in [6, 6.07) is 20.1. The van der Waals surface area contributed by atoms with Crippen molar-refractivity contribution in [1.29, 1.82) is 0 Å². The van der Waals surface area contributed by atoms with Gasteiger partial charge in [-0.1, -0.05) is 47.5 Å². The first kappa shape index (κ1) is 32.8. The summed E-state index contributed by atoms with van der Waals surface area (Å²) in [5.74, 6) is 0.221. The van der Waals surface area contributed by atoms with Crippen LogP contribution in [-0.4, -0.2) is 64.3 Å². The number of amides is 2. The van der Waals surface area contributed by atoms with Crippen LogP contribution in [0.1, 0.15) is 46.8 Å². The minimum atomic E-state index is -4.58. The molecule has 0 aliphatic carbocycles. The summed E-state index contributed by atoms with van der Waals surface area (Å²) in [6.45, 7) is 4.75. The molecular formula is C35H32Cl2F3N5O2. The van der Waals surface area contributed by atoms with E-state index < -0.39 is 23.8 Å². The molecule has 3 heterocycles. The van der Waals surface area contributed by atoms with Crippen LogP contribution in [0.15, 0.2) is 96.2 Å². The molecule has 1 fully saturated rings. The van der Waals surface area contributed by atoms with Crippen LogP contribution < -0.4 is 4.74 Å². The van der Waals surface area contributed by atoms with E-state index in [9.17, 15) is 18.0 Å². The highest BCUT2D eigenvalue weighted by atomic mass is 35.5. The number of aromatic nitrogens is 1. The molecule has 2 atom stereocenters. The van der Waals surface area contributed by atoms with Crippen LogP contribution in [0, 0.1) is 0 Å². The van der Waals surface area contributed by atoms with E-state index in [1.54, 1.807) is 53.4 Å². The Morgan fingerprint density at radius 1 is 0.872 bits per heavy atom. The Labute approximate surface area is 281 Å². The minimum absolute atomic E-state index is 0.00680. The third-order valence-electron chi connectivity index (χ3n) is 8.34. The predicted octanol–water partition coefficient (Wildman–Crippen LogP) is 8.29. The number of carbonyl (C=O) groups excluding carboxylic acids is 1. The monoisotopic (exact) mass is 681 g/mol. The van der Waals surface area contributed by atoms with Crippen molar-refractivity contribution in [3.8, 4) is 5.75 Å². The van der Waals surface area contributed by atoms with Gasteiger partial charge in [0.25, 0.3) is 0 Å². The maximum absolute atomic E-state index is 14.7. The van der Waals surface area contributed by atoms with E-state index in [1.165, 1.54) is 6.07 Å². The van der Waals surface area contributed by atoms with Gasteiger partial charge in [-0.25, -0.2) is 4.79 Å². The molecule has 2 aliphatic heterocycles. The number of rotatable bonds is 7. The Kier molecular flexibility index (Phi) is 9.72. The van der Waals surface area contributed by atoms with Crippen LogP contribution >= 0.6 is 23.2 Å². The molecular weight excluding hydrogens is 650 g/mol. The number of alkyl halides is 3. The van der Waals surface area contributed by atoms with Crippen molar-refractivity contribution in [3.63, 3.8) is 0 Å². The number of ether oxygens (including phenoxy) is 1. The van der Waals surface area contributed by atoms with Gasteiger partial charge in [0, 0.05) is 55.2 Å². The average molecular weight is 683 g/mol. The number of pyridine rings is 1. The SMILES string of the molecule is CCOc1cc(C(F)(F)F)ccc1C1=NC(c2ccc(Cl)cc2)C(c2ccc(Cl)cc2)N1C(=O)N1CCN(Cc2ccncc2)CC1. The second-order valence-electron chi connectivity index (χ2n) is 11.4. The van der Waals surface area contributed by atoms with Crippen molar-refractivity contribution in [3.05, 3.63) is 129 Å². The molecule has 2 unspecified atom stereocenters. The Bertz CT molecular complexity index is 1730. The fourth-order valence-electron chi connectivity index (χ4n) is 6.01. The Balaban J connectivity index is 1.42. The Hall–Kier alpha value is -4.12. The summed E-state index contributed by atoms with van der Waals surface area (Å²) < 4.78 is 47.1. The van der Waals surface area contributed by atoms with E-state index in [0.717, 1.165) is 35.4 Å². The fourth-order valence-corrected chi connectivity index (χ4v) is 6.26. The van der Waals surface area contributed by atoms with Gasteiger partial charge in [-0.05, 0) is 78.2 Å². The summed E-state index contributed by atoms with van der Waals surface area (Å²) in [5.41, 5.74) is 2.12. The smallest absolute Gasteiger partial charge is 0.416 e. The van der Waals surface area contributed by atoms with Crippen LogP contribution in [0.2, 0.25) is 10.0 Å². The van der Waals surface area contributed by atoms with Crippen molar-refractivity contribution >= 4 is 35.1 Å². The number of amidine groups is 1. The lowest BCUT2D eigenvalue weighted by Gasteiger charge is -2.39. The van der Waals surface area contributed by atoms with E-state index in [1.807, 2.05) is 36.4 Å². The quantitative estimate of drug-likeness (QED) is 0.197. The van der Waals surface area contributed by atoms with Gasteiger partial charge in [-0.3, -0.25) is 19.8 Å². The maximum Gasteiger partial charge on any atom is 0.416 e. The molecule has 12 heteroatoms. The molecule has 7 nitrogen and oxygen atoms in total. The highest BCUT2D eigenvalue weighted by Gasteiger charge is 2.45. The van der Waals surface area contributed by atoms with Crippen molar-refractivity contribution < 1.29 is 22.7 Å². The van der Waals surface area contributed by atoms with Gasteiger partial charge >= 0.3 is 12.2 Å². The molecule has 0 bridgehead atoms. The molecule has 4 aromatic rings. The first-order valence-electron chi connectivity index (χ1n) is 15.2. The lowest BCUT2D eigenvalue weighted by atomic mass is 9.93. The van der Waals surface area contributed by atoms with Gasteiger partial charge < -0.3 is 9.64 Å². The van der Waals surface area contributed by atoms with Crippen LogP contribution in [-0.2, 0) is 12.7 Å². The van der Waals surface area contributed by atoms with Crippen LogP contribution in [0.25, 0.3) is 0 Å². The first-order valence-corrected chi connectivity index (χ1v) is 16.0. The molecule has 0 spiro atoms. The van der Waals surface area contributed by atoms with E-state index >= 15 is 0 Å². The molecule has 6 rings (SSSR count). The van der Waals surface area contributed by atoms with Crippen molar-refractivity contribution in [2.75, 3.05) is 32.8 Å². The van der Waals surface area contributed by atoms with E-state index in [4.69, 9.17) is 32.9 Å². The molecule has 0 saturated carbocycles. The molecule has 1 saturated heterocycles. The molecule has 3 aromatic carbocycles. The lowest BCUT2D eigenvalue weighted by molar-refractivity contribution is -0.137. The molecule has 47 heavy (non-hydrogen) atoms. The number of piperazine rings is 1. The first-order chi connectivity index (χ1) is 22.6. The highest BCUT2D eigenvalue weighted by molar-refractivity contribution is 6.30. The number of hydrogen-bond donors (Lipinski definition) is 0. The molecule has 0 radical (unpaired) electrons. The zero-order chi connectivity index (χ0) is 33.1. The second-order valence-corrected chi connectivity index (χ2v) is 12.2. The largest absolute Gasteiger partial charge is 0.493 e. The molecule has 2 aliphatic rings. The second kappa shape index (κ2) is 13.9. The third kappa shape index (κ3) is 7.25. The topological polar surface area (TPSA) is 61.3 Å². The maximum atomic E-state index is 14.7. The predicted molar refractivity (Wildman–Crippen MR) is 176 cm³/mol. The number of aliphatic imine (C=N–C) groups is 1. The van der Waals surface area contributed by atoms with Crippen LogP contribution in [0.5, 0.6) is 5.75 Å². The Morgan fingerprint density at radius 2 is 1.49 bits per heavy atom. The molecule has 0 N–H and O–H groups in total. The van der Waals surface area contributed by atoms with Crippen molar-refractivity contribution in [2.24, 2.45) is 4.99 Å². The van der Waals surface area contributed by atoms with E-state index in [-0.39, 0.29) is 24.2 Å². The third-order valence-corrected chi connectivity index (χ3v) is 8.85. The lowest BCUT2D eigenvalue weighted by Crippen LogP contribution is -2.54. The van der Waals surface area contributed by atoms with Gasteiger partial charge in [-0.15, -0.1) is 0 Å². The highest BCUT2D eigenvalue weighted by Crippen LogP contribution is 2.46. The van der Waals surface area contributed by atoms with Gasteiger partial charge in [-0.2, -0.15) is 13.2 Å². The number of hydrogen-bond acceptors (Lipinski definition) is 5. The standard InChI is InChI=1S/C35H32Cl2F3N5O2/c1-2-47-30-21-26(35(38,39)40)7-12-29(30)33-42-31(24-3-8-27(36)9-4-24)32(25-5-10-28(37)11-6-25)45(33)34(46)44-19-17-43(18-20-44)22-23-13-15-41-16-14-23/h3-16,21,31-32H,2,17-20,22H2,1H3. The number of carbonyl (C=O) groups is 1. The van der Waals surface area contributed by atoms with Gasteiger partial charge in [0.2, 0.25) is 0 Å². The fraction of sp³-hybridized carbons (Fsp3) is 0.286. The number of halogens is 5. The average Bonchev–Trinajstić information content (AvgIpc) is 3.46. The number of benzene rings is 3. The summed E-state index contributed by atoms with van der Waals surface area (Å²) in [6.07, 6.45) is -1.06. The minimum Gasteiger partial charge on any atom is -0.493 e. The Morgan fingerprint density at radius 3 is 2.09 bits per heavy atom. The van der Waals surface area contributed by atoms with E-state index in [0.29, 0.717) is 41.8 Å². The van der Waals surface area contributed by atoms with Gasteiger partial charge in [0.15, 0.2) is 0 Å². The van der Waals surface area contributed by atoms with Gasteiger partial charge in [0.1, 0.15) is 17.6 Å². The number of urea groups is 1. The zero-order valence-electron chi connectivity index (χ0n) is 25.5. The van der Waals surface area contributed by atoms with Crippen molar-refractivity contribution in [2.45, 2.75) is 31.7 Å². The summed E-state index contributed by atoms with van der Waals surface area (Å²) in [7, 11) is 0. The van der Waals surface area contributed by atoms with Crippen LogP contribution in [0.3, 0.4) is 0 Å². The summed E-state index contributed by atoms with van der Waals surface area (Å²) in [5, 5.41) is 1.07. The van der Waals surface area contributed by atoms with Crippen LogP contribution in [0.4, 0.5) is 18.0 Å². The van der Waals surface area contributed by atoms with E-state index in [2.05, 4.69) is 9.88 Å². The molecule has 1 aromatic heterocycles. The summed E-state index contributed by atoms with van der Waals surface area (Å²) >= 11 is 12.5. The molecule has 2 amide bonds. The van der Waals surface area contributed by atoms with Gasteiger partial charge in [0.05, 0.1) is 23.8 Å². The van der Waals surface area contributed by atoms with Crippen molar-refractivity contribution in [1.82, 2.24) is 19.7 Å². The number of nitrogens with zero attached hydrogens (tertiary/aromatic N) is 5. The normalized spacial score (nSPS) is 18.7.